The second-order valence-electron chi connectivity index (χ2n) is 6.83. The van der Waals surface area contributed by atoms with E-state index in [-0.39, 0.29) is 11.7 Å². The molecule has 4 atom stereocenters. The fraction of sp³-hybridized carbons (Fsp3) is 0.286. The van der Waals surface area contributed by atoms with Gasteiger partial charge in [0.25, 0.3) is 0 Å². The molecule has 1 fully saturated rings. The molecule has 0 aromatic heterocycles. The predicted octanol–water partition coefficient (Wildman–Crippen LogP) is 4.56. The number of carbonyl (C=O) groups excluding carboxylic acids is 1. The van der Waals surface area contributed by atoms with E-state index in [4.69, 9.17) is 0 Å². The van der Waals surface area contributed by atoms with Crippen molar-refractivity contribution < 1.29 is 9.00 Å². The maximum atomic E-state index is 13.1. The smallest absolute Gasteiger partial charge is 0.167 e. The first-order valence-corrected chi connectivity index (χ1v) is 9.58. The van der Waals surface area contributed by atoms with Crippen LogP contribution in [-0.2, 0) is 10.8 Å². The van der Waals surface area contributed by atoms with E-state index in [1.807, 2.05) is 55.5 Å². The minimum Gasteiger partial charge on any atom is -0.294 e. The first-order chi connectivity index (χ1) is 11.6. The van der Waals surface area contributed by atoms with Gasteiger partial charge in [0.15, 0.2) is 5.78 Å². The largest absolute Gasteiger partial charge is 0.294 e. The average Bonchev–Trinajstić information content (AvgIpc) is 3.24. The van der Waals surface area contributed by atoms with Crippen molar-refractivity contribution in [3.63, 3.8) is 0 Å². The maximum absolute atomic E-state index is 13.1. The highest BCUT2D eigenvalue weighted by molar-refractivity contribution is 7.85. The Bertz CT molecular complexity index is 835. The van der Waals surface area contributed by atoms with Crippen molar-refractivity contribution in [3.8, 4) is 0 Å². The van der Waals surface area contributed by atoms with Crippen LogP contribution < -0.4 is 0 Å². The standard InChI is InChI=1S/C21H20O2S/c1-14-6-10-17(11-7-14)24(23)20-5-3-2-4-18(20)21(22)19-13-15-8-9-16(19)12-15/h2-11,15-16,19H,12-13H2,1H3/t15-,16+,19-,24?/m0/s1. The number of rotatable bonds is 4. The molecule has 0 spiro atoms. The lowest BCUT2D eigenvalue weighted by molar-refractivity contribution is 0.0898. The summed E-state index contributed by atoms with van der Waals surface area (Å²) in [7, 11) is -1.33. The van der Waals surface area contributed by atoms with E-state index in [2.05, 4.69) is 12.2 Å². The van der Waals surface area contributed by atoms with Crippen molar-refractivity contribution in [1.82, 2.24) is 0 Å². The molecule has 1 saturated carbocycles. The van der Waals surface area contributed by atoms with E-state index in [0.29, 0.717) is 22.3 Å². The molecule has 0 amide bonds. The molecule has 122 valence electrons. The van der Waals surface area contributed by atoms with E-state index >= 15 is 0 Å². The van der Waals surface area contributed by atoms with E-state index in [0.717, 1.165) is 23.3 Å². The molecule has 0 radical (unpaired) electrons. The molecule has 4 rings (SSSR count). The zero-order valence-electron chi connectivity index (χ0n) is 13.6. The summed E-state index contributed by atoms with van der Waals surface area (Å²) in [6.07, 6.45) is 6.46. The molecule has 2 aromatic rings. The number of ketones is 1. The Morgan fingerprint density at radius 2 is 1.75 bits per heavy atom. The zero-order valence-corrected chi connectivity index (χ0v) is 14.5. The van der Waals surface area contributed by atoms with Gasteiger partial charge >= 0.3 is 0 Å². The number of aryl methyl sites for hydroxylation is 1. The van der Waals surface area contributed by atoms with Gasteiger partial charge in [0.2, 0.25) is 0 Å². The third-order valence-electron chi connectivity index (χ3n) is 5.20. The fourth-order valence-electron chi connectivity index (χ4n) is 3.90. The first kappa shape index (κ1) is 15.5. The molecule has 0 N–H and O–H groups in total. The molecule has 2 aliphatic carbocycles. The molecule has 2 aromatic carbocycles. The summed E-state index contributed by atoms with van der Waals surface area (Å²) in [6.45, 7) is 2.01. The van der Waals surface area contributed by atoms with Gasteiger partial charge in [0.1, 0.15) is 0 Å². The summed E-state index contributed by atoms with van der Waals surface area (Å²) in [5, 5.41) is 0. The van der Waals surface area contributed by atoms with Gasteiger partial charge < -0.3 is 0 Å². The fourth-order valence-corrected chi connectivity index (χ4v) is 5.11. The Kier molecular flexibility index (Phi) is 3.97. The van der Waals surface area contributed by atoms with Crippen LogP contribution in [0.2, 0.25) is 0 Å². The maximum Gasteiger partial charge on any atom is 0.167 e. The lowest BCUT2D eigenvalue weighted by Gasteiger charge is -2.18. The Morgan fingerprint density at radius 1 is 1.00 bits per heavy atom. The third kappa shape index (κ3) is 2.67. The number of hydrogen-bond acceptors (Lipinski definition) is 2. The molecule has 2 bridgehead atoms. The zero-order chi connectivity index (χ0) is 16.7. The number of hydrogen-bond donors (Lipinski definition) is 0. The normalized spacial score (nSPS) is 25.8. The lowest BCUT2D eigenvalue weighted by atomic mass is 9.86. The van der Waals surface area contributed by atoms with Crippen molar-refractivity contribution in [1.29, 1.82) is 0 Å². The van der Waals surface area contributed by atoms with Crippen LogP contribution in [0.4, 0.5) is 0 Å². The van der Waals surface area contributed by atoms with Crippen LogP contribution >= 0.6 is 0 Å². The summed E-state index contributed by atoms with van der Waals surface area (Å²) >= 11 is 0. The summed E-state index contributed by atoms with van der Waals surface area (Å²) in [6, 6.07) is 15.1. The minimum atomic E-state index is -1.33. The number of allylic oxidation sites excluding steroid dienone is 2. The Morgan fingerprint density at radius 3 is 2.42 bits per heavy atom. The summed E-state index contributed by atoms with van der Waals surface area (Å²) in [5.41, 5.74) is 1.76. The van der Waals surface area contributed by atoms with Gasteiger partial charge in [-0.2, -0.15) is 0 Å². The number of benzene rings is 2. The van der Waals surface area contributed by atoms with Gasteiger partial charge in [-0.25, -0.2) is 4.21 Å². The summed E-state index contributed by atoms with van der Waals surface area (Å²) in [5.74, 6) is 1.13. The third-order valence-corrected chi connectivity index (χ3v) is 6.66. The predicted molar refractivity (Wildman–Crippen MR) is 95.5 cm³/mol. The Balaban J connectivity index is 1.68. The van der Waals surface area contributed by atoms with Crippen LogP contribution in [0.3, 0.4) is 0 Å². The van der Waals surface area contributed by atoms with Gasteiger partial charge in [-0.3, -0.25) is 4.79 Å². The van der Waals surface area contributed by atoms with Crippen LogP contribution in [0.15, 0.2) is 70.5 Å². The molecule has 3 heteroatoms. The van der Waals surface area contributed by atoms with Crippen molar-refractivity contribution in [3.05, 3.63) is 71.8 Å². The van der Waals surface area contributed by atoms with Crippen LogP contribution in [0.5, 0.6) is 0 Å². The van der Waals surface area contributed by atoms with Gasteiger partial charge in [-0.15, -0.1) is 0 Å². The van der Waals surface area contributed by atoms with Crippen molar-refractivity contribution >= 4 is 16.6 Å². The molecular weight excluding hydrogens is 316 g/mol. The quantitative estimate of drug-likeness (QED) is 0.606. The van der Waals surface area contributed by atoms with Crippen molar-refractivity contribution in [2.24, 2.45) is 17.8 Å². The first-order valence-electron chi connectivity index (χ1n) is 8.43. The van der Waals surface area contributed by atoms with Crippen LogP contribution in [0.25, 0.3) is 0 Å². The van der Waals surface area contributed by atoms with Gasteiger partial charge in [-0.1, -0.05) is 48.0 Å². The molecule has 2 nitrogen and oxygen atoms in total. The average molecular weight is 336 g/mol. The second kappa shape index (κ2) is 6.14. The van der Waals surface area contributed by atoms with Crippen LogP contribution in [0.1, 0.15) is 28.8 Å². The van der Waals surface area contributed by atoms with Gasteiger partial charge in [0, 0.05) is 16.4 Å². The van der Waals surface area contributed by atoms with E-state index < -0.39 is 10.8 Å². The van der Waals surface area contributed by atoms with Gasteiger partial charge in [-0.05, 0) is 49.8 Å². The molecule has 2 aliphatic rings. The number of Topliss-reactive ketones (excluding diaryl/α,β-unsaturated/α-hetero) is 1. The number of fused-ring (bicyclic) bond motifs is 2. The van der Waals surface area contributed by atoms with Crippen molar-refractivity contribution in [2.75, 3.05) is 0 Å². The Hall–Kier alpha value is -2.00. The topological polar surface area (TPSA) is 34.1 Å². The molecule has 0 aliphatic heterocycles. The lowest BCUT2D eigenvalue weighted by Crippen LogP contribution is -2.20. The van der Waals surface area contributed by atoms with E-state index in [9.17, 15) is 9.00 Å². The molecule has 1 unspecified atom stereocenters. The summed E-state index contributed by atoms with van der Waals surface area (Å²) < 4.78 is 13.0. The molecule has 0 heterocycles. The van der Waals surface area contributed by atoms with Crippen molar-refractivity contribution in [2.45, 2.75) is 29.6 Å². The number of carbonyl (C=O) groups is 1. The highest BCUT2D eigenvalue weighted by Gasteiger charge is 2.40. The molecular formula is C21H20O2S. The monoisotopic (exact) mass is 336 g/mol. The van der Waals surface area contributed by atoms with Crippen LogP contribution in [-0.4, -0.2) is 9.99 Å². The second-order valence-corrected chi connectivity index (χ2v) is 8.28. The van der Waals surface area contributed by atoms with E-state index in [1.54, 1.807) is 0 Å². The van der Waals surface area contributed by atoms with Gasteiger partial charge in [0.05, 0.1) is 15.7 Å². The minimum absolute atomic E-state index is 0.0520. The van der Waals surface area contributed by atoms with E-state index in [1.165, 1.54) is 0 Å². The molecule has 0 saturated heterocycles. The Labute approximate surface area is 145 Å². The van der Waals surface area contributed by atoms with Crippen LogP contribution in [0, 0.1) is 24.7 Å². The molecule has 24 heavy (non-hydrogen) atoms. The summed E-state index contributed by atoms with van der Waals surface area (Å²) in [4.78, 5) is 14.5. The highest BCUT2D eigenvalue weighted by atomic mass is 32.2. The highest BCUT2D eigenvalue weighted by Crippen LogP contribution is 2.45. The SMILES string of the molecule is Cc1ccc(S(=O)c2ccccc2C(=O)[C@H]2C[C@H]3C=C[C@@H]2C3)cc1.